The minimum absolute atomic E-state index is 0.00285. The molecule has 1 aliphatic heterocycles. The quantitative estimate of drug-likeness (QED) is 0.644. The molecule has 3 unspecified atom stereocenters. The molecule has 4 N–H and O–H groups in total. The normalized spacial score (nSPS) is 27.2. The smallest absolute Gasteiger partial charge is 0.249 e. The van der Waals surface area contributed by atoms with Crippen molar-refractivity contribution < 1.29 is 14.6 Å². The molecule has 3 atom stereocenters. The maximum absolute atomic E-state index is 11.9. The zero-order valence-corrected chi connectivity index (χ0v) is 11.6. The number of carbonyl (C=O) groups excluding carboxylic acids is 1. The van der Waals surface area contributed by atoms with Gasteiger partial charge in [0.2, 0.25) is 5.91 Å². The lowest BCUT2D eigenvalue weighted by molar-refractivity contribution is -0.133. The number of carbonyl (C=O) groups is 1. The van der Waals surface area contributed by atoms with Crippen LogP contribution in [0, 0.1) is 5.92 Å². The van der Waals surface area contributed by atoms with E-state index in [4.69, 9.17) is 10.5 Å². The second kappa shape index (κ2) is 6.50. The minimum atomic E-state index is -0.865. The summed E-state index contributed by atoms with van der Waals surface area (Å²) < 4.78 is 5.50. The molecular weight excluding hydrogens is 232 g/mol. The molecule has 1 rings (SSSR count). The van der Waals surface area contributed by atoms with E-state index in [9.17, 15) is 9.90 Å². The summed E-state index contributed by atoms with van der Waals surface area (Å²) in [5.41, 5.74) is 4.63. The molecule has 0 aliphatic carbocycles. The first kappa shape index (κ1) is 15.4. The van der Waals surface area contributed by atoms with E-state index >= 15 is 0 Å². The topological polar surface area (TPSA) is 84.6 Å². The first-order valence-corrected chi connectivity index (χ1v) is 6.69. The Morgan fingerprint density at radius 2 is 2.22 bits per heavy atom. The number of hydrogen-bond acceptors (Lipinski definition) is 4. The van der Waals surface area contributed by atoms with E-state index in [2.05, 4.69) is 5.32 Å². The van der Waals surface area contributed by atoms with Crippen LogP contribution in [0.5, 0.6) is 0 Å². The van der Waals surface area contributed by atoms with Gasteiger partial charge in [-0.2, -0.15) is 0 Å². The summed E-state index contributed by atoms with van der Waals surface area (Å²) in [5.74, 6) is 0.247. The van der Waals surface area contributed by atoms with Crippen molar-refractivity contribution >= 4 is 5.91 Å². The summed E-state index contributed by atoms with van der Waals surface area (Å²) in [6.45, 7) is 6.54. The Morgan fingerprint density at radius 3 is 2.72 bits per heavy atom. The fourth-order valence-corrected chi connectivity index (χ4v) is 2.41. The molecule has 0 saturated carbocycles. The molecule has 0 bridgehead atoms. The van der Waals surface area contributed by atoms with Crippen LogP contribution in [0.3, 0.4) is 0 Å². The Labute approximate surface area is 109 Å². The van der Waals surface area contributed by atoms with Gasteiger partial charge in [0.1, 0.15) is 6.10 Å². The van der Waals surface area contributed by atoms with E-state index in [1.807, 2.05) is 13.8 Å². The Kier molecular flexibility index (Phi) is 5.56. The predicted molar refractivity (Wildman–Crippen MR) is 70.0 cm³/mol. The van der Waals surface area contributed by atoms with Gasteiger partial charge in [-0.25, -0.2) is 0 Å². The van der Waals surface area contributed by atoms with E-state index in [0.29, 0.717) is 25.3 Å². The molecular formula is C13H26N2O3. The molecule has 106 valence electrons. The third-order valence-electron chi connectivity index (χ3n) is 3.15. The van der Waals surface area contributed by atoms with Gasteiger partial charge in [0.25, 0.3) is 0 Å². The molecule has 5 heteroatoms. The van der Waals surface area contributed by atoms with Gasteiger partial charge in [-0.3, -0.25) is 4.79 Å². The first-order valence-electron chi connectivity index (χ1n) is 6.69. The number of ether oxygens (including phenoxy) is 1. The van der Waals surface area contributed by atoms with Crippen LogP contribution in [0.2, 0.25) is 0 Å². The molecule has 1 saturated heterocycles. The van der Waals surface area contributed by atoms with Crippen LogP contribution in [0.25, 0.3) is 0 Å². The number of nitrogens with one attached hydrogen (secondary N) is 1. The SMILES string of the molecule is CC(C)CC(C)(O)CNC(=O)C1CCC(CN)O1. The second-order valence-electron chi connectivity index (χ2n) is 5.87. The number of amides is 1. The van der Waals surface area contributed by atoms with Crippen molar-refractivity contribution in [2.75, 3.05) is 13.1 Å². The maximum Gasteiger partial charge on any atom is 0.249 e. The molecule has 1 amide bonds. The summed E-state index contributed by atoms with van der Waals surface area (Å²) in [6, 6.07) is 0. The van der Waals surface area contributed by atoms with Gasteiger partial charge >= 0.3 is 0 Å². The average Bonchev–Trinajstić information content (AvgIpc) is 2.72. The lowest BCUT2D eigenvalue weighted by atomic mass is 9.94. The molecule has 0 radical (unpaired) electrons. The zero-order valence-electron chi connectivity index (χ0n) is 11.6. The highest BCUT2D eigenvalue weighted by Gasteiger charge is 2.31. The van der Waals surface area contributed by atoms with Crippen molar-refractivity contribution in [3.8, 4) is 0 Å². The van der Waals surface area contributed by atoms with Crippen LogP contribution < -0.4 is 11.1 Å². The molecule has 0 aromatic carbocycles. The van der Waals surface area contributed by atoms with Crippen molar-refractivity contribution in [2.24, 2.45) is 11.7 Å². The number of rotatable bonds is 6. The van der Waals surface area contributed by atoms with Gasteiger partial charge in [-0.05, 0) is 32.1 Å². The van der Waals surface area contributed by atoms with E-state index < -0.39 is 11.7 Å². The standard InChI is InChI=1S/C13H26N2O3/c1-9(2)6-13(3,17)8-15-12(16)11-5-4-10(7-14)18-11/h9-11,17H,4-8,14H2,1-3H3,(H,15,16). The van der Waals surface area contributed by atoms with E-state index in [1.165, 1.54) is 0 Å². The van der Waals surface area contributed by atoms with Gasteiger partial charge < -0.3 is 20.9 Å². The highest BCUT2D eigenvalue weighted by molar-refractivity contribution is 5.81. The molecule has 0 aromatic rings. The highest BCUT2D eigenvalue weighted by Crippen LogP contribution is 2.19. The number of nitrogens with two attached hydrogens (primary N) is 1. The third kappa shape index (κ3) is 4.92. The number of aliphatic hydroxyl groups is 1. The molecule has 5 nitrogen and oxygen atoms in total. The number of hydrogen-bond donors (Lipinski definition) is 3. The summed E-state index contributed by atoms with van der Waals surface area (Å²) in [5, 5.41) is 12.9. The summed E-state index contributed by atoms with van der Waals surface area (Å²) in [7, 11) is 0. The Bertz CT molecular complexity index is 279. The Balaban J connectivity index is 2.33. The van der Waals surface area contributed by atoms with E-state index in [0.717, 1.165) is 6.42 Å². The molecule has 0 aromatic heterocycles. The zero-order chi connectivity index (χ0) is 13.8. The molecule has 1 heterocycles. The highest BCUT2D eigenvalue weighted by atomic mass is 16.5. The molecule has 18 heavy (non-hydrogen) atoms. The lowest BCUT2D eigenvalue weighted by Gasteiger charge is -2.26. The summed E-state index contributed by atoms with van der Waals surface area (Å²) in [6.07, 6.45) is 1.78. The van der Waals surface area contributed by atoms with Crippen molar-refractivity contribution in [2.45, 2.75) is 57.8 Å². The predicted octanol–water partition coefficient (Wildman–Crippen LogP) is 0.406. The minimum Gasteiger partial charge on any atom is -0.388 e. The van der Waals surface area contributed by atoms with Crippen LogP contribution in [0.4, 0.5) is 0 Å². The Morgan fingerprint density at radius 1 is 1.56 bits per heavy atom. The van der Waals surface area contributed by atoms with Crippen molar-refractivity contribution in [3.05, 3.63) is 0 Å². The summed E-state index contributed by atoms with van der Waals surface area (Å²) in [4.78, 5) is 11.9. The largest absolute Gasteiger partial charge is 0.388 e. The van der Waals surface area contributed by atoms with E-state index in [-0.39, 0.29) is 18.6 Å². The van der Waals surface area contributed by atoms with Gasteiger partial charge in [0.05, 0.1) is 11.7 Å². The van der Waals surface area contributed by atoms with Crippen LogP contribution in [0.15, 0.2) is 0 Å². The van der Waals surface area contributed by atoms with Crippen molar-refractivity contribution in [1.82, 2.24) is 5.32 Å². The van der Waals surface area contributed by atoms with Gasteiger partial charge in [0, 0.05) is 13.1 Å². The van der Waals surface area contributed by atoms with Crippen molar-refractivity contribution in [1.29, 1.82) is 0 Å². The van der Waals surface area contributed by atoms with Crippen LogP contribution in [-0.4, -0.2) is 41.9 Å². The average molecular weight is 258 g/mol. The van der Waals surface area contributed by atoms with Crippen LogP contribution >= 0.6 is 0 Å². The van der Waals surface area contributed by atoms with Crippen LogP contribution in [-0.2, 0) is 9.53 Å². The molecule has 1 aliphatic rings. The fraction of sp³-hybridized carbons (Fsp3) is 0.923. The lowest BCUT2D eigenvalue weighted by Crippen LogP contribution is -2.45. The molecule has 1 fully saturated rings. The fourth-order valence-electron chi connectivity index (χ4n) is 2.41. The monoisotopic (exact) mass is 258 g/mol. The van der Waals surface area contributed by atoms with Crippen molar-refractivity contribution in [3.63, 3.8) is 0 Å². The first-order chi connectivity index (χ1) is 8.34. The van der Waals surface area contributed by atoms with Gasteiger partial charge in [-0.15, -0.1) is 0 Å². The maximum atomic E-state index is 11.9. The van der Waals surface area contributed by atoms with Gasteiger partial charge in [0.15, 0.2) is 0 Å². The van der Waals surface area contributed by atoms with E-state index in [1.54, 1.807) is 6.92 Å². The summed E-state index contributed by atoms with van der Waals surface area (Å²) >= 11 is 0. The third-order valence-corrected chi connectivity index (χ3v) is 3.15. The Hall–Kier alpha value is -0.650. The second-order valence-corrected chi connectivity index (χ2v) is 5.87. The van der Waals surface area contributed by atoms with Gasteiger partial charge in [-0.1, -0.05) is 13.8 Å². The molecule has 0 spiro atoms. The van der Waals surface area contributed by atoms with Crippen LogP contribution in [0.1, 0.15) is 40.0 Å².